The van der Waals surface area contributed by atoms with E-state index in [2.05, 4.69) is 6.07 Å². The molecule has 0 spiro atoms. The van der Waals surface area contributed by atoms with Gasteiger partial charge in [-0.15, -0.1) is 0 Å². The molecule has 1 heterocycles. The molecule has 5 heteroatoms. The number of aryl methyl sites for hydroxylation is 1. The van der Waals surface area contributed by atoms with Gasteiger partial charge in [0.1, 0.15) is 0 Å². The number of benzene rings is 2. The molecule has 124 valence electrons. The molecule has 0 radical (unpaired) electrons. The van der Waals surface area contributed by atoms with Crippen molar-refractivity contribution in [1.82, 2.24) is 4.90 Å². The smallest absolute Gasteiger partial charge is 0.335 e. The number of carboxylic acid groups (broad SMARTS) is 1. The van der Waals surface area contributed by atoms with E-state index >= 15 is 0 Å². The Morgan fingerprint density at radius 1 is 1.12 bits per heavy atom. The Morgan fingerprint density at radius 2 is 1.88 bits per heavy atom. The van der Waals surface area contributed by atoms with Crippen molar-refractivity contribution in [3.8, 4) is 0 Å². The van der Waals surface area contributed by atoms with Gasteiger partial charge in [-0.2, -0.15) is 0 Å². The summed E-state index contributed by atoms with van der Waals surface area (Å²) in [6.45, 7) is 4.01. The molecule has 2 aromatic rings. The number of carbonyl (C=O) groups is 2. The standard InChI is InChI=1S/C19H20N2O3/c1-14-4-2-5-15(12-14)13-20-10-3-11-21(19(20)24)17-8-6-16(7-9-17)18(22)23/h2,4-9,12H,3,10-11,13H2,1H3,(H,22,23). The fraction of sp³-hybridized carbons (Fsp3) is 0.263. The first-order valence-corrected chi connectivity index (χ1v) is 8.00. The Hall–Kier alpha value is -2.82. The molecule has 0 aromatic heterocycles. The summed E-state index contributed by atoms with van der Waals surface area (Å²) in [7, 11) is 0. The Labute approximate surface area is 141 Å². The van der Waals surface area contributed by atoms with E-state index in [1.165, 1.54) is 17.7 Å². The third-order valence-electron chi connectivity index (χ3n) is 4.19. The highest BCUT2D eigenvalue weighted by Gasteiger charge is 2.26. The zero-order valence-electron chi connectivity index (χ0n) is 13.6. The number of carbonyl (C=O) groups excluding carboxylic acids is 1. The second-order valence-electron chi connectivity index (χ2n) is 6.05. The highest BCUT2D eigenvalue weighted by Crippen LogP contribution is 2.22. The average molecular weight is 324 g/mol. The van der Waals surface area contributed by atoms with Crippen molar-refractivity contribution in [1.29, 1.82) is 0 Å². The van der Waals surface area contributed by atoms with Crippen LogP contribution < -0.4 is 4.90 Å². The Bertz CT molecular complexity index is 755. The minimum Gasteiger partial charge on any atom is -0.478 e. The molecule has 2 aromatic carbocycles. The first kappa shape index (κ1) is 16.1. The number of aromatic carboxylic acids is 1. The van der Waals surface area contributed by atoms with Gasteiger partial charge < -0.3 is 10.0 Å². The summed E-state index contributed by atoms with van der Waals surface area (Å²) in [5, 5.41) is 8.98. The zero-order chi connectivity index (χ0) is 17.1. The van der Waals surface area contributed by atoms with Crippen LogP contribution in [0.15, 0.2) is 48.5 Å². The third-order valence-corrected chi connectivity index (χ3v) is 4.19. The molecule has 3 rings (SSSR count). The molecule has 1 fully saturated rings. The van der Waals surface area contributed by atoms with Crippen molar-refractivity contribution in [2.75, 3.05) is 18.0 Å². The first-order valence-electron chi connectivity index (χ1n) is 8.00. The van der Waals surface area contributed by atoms with Gasteiger partial charge in [0, 0.05) is 25.3 Å². The lowest BCUT2D eigenvalue weighted by Crippen LogP contribution is -2.49. The van der Waals surface area contributed by atoms with Gasteiger partial charge in [0.05, 0.1) is 5.56 Å². The van der Waals surface area contributed by atoms with Crippen LogP contribution >= 0.6 is 0 Å². The number of hydrogen-bond acceptors (Lipinski definition) is 2. The summed E-state index contributed by atoms with van der Waals surface area (Å²) in [4.78, 5) is 27.3. The monoisotopic (exact) mass is 324 g/mol. The molecule has 5 nitrogen and oxygen atoms in total. The van der Waals surface area contributed by atoms with E-state index in [9.17, 15) is 9.59 Å². The average Bonchev–Trinajstić information content (AvgIpc) is 2.57. The lowest BCUT2D eigenvalue weighted by molar-refractivity contribution is 0.0697. The maximum absolute atomic E-state index is 12.8. The lowest BCUT2D eigenvalue weighted by atomic mass is 10.1. The Balaban J connectivity index is 1.76. The van der Waals surface area contributed by atoms with E-state index in [1.54, 1.807) is 17.0 Å². The molecule has 24 heavy (non-hydrogen) atoms. The maximum Gasteiger partial charge on any atom is 0.335 e. The van der Waals surface area contributed by atoms with Gasteiger partial charge in [-0.25, -0.2) is 9.59 Å². The minimum atomic E-state index is -0.965. The van der Waals surface area contributed by atoms with Gasteiger partial charge in [-0.3, -0.25) is 4.90 Å². The summed E-state index contributed by atoms with van der Waals surface area (Å²) in [6.07, 6.45) is 0.887. The topological polar surface area (TPSA) is 60.9 Å². The number of amides is 2. The van der Waals surface area contributed by atoms with Gasteiger partial charge >= 0.3 is 12.0 Å². The maximum atomic E-state index is 12.8. The lowest BCUT2D eigenvalue weighted by Gasteiger charge is -2.35. The quantitative estimate of drug-likeness (QED) is 0.936. The van der Waals surface area contributed by atoms with E-state index in [0.717, 1.165) is 24.2 Å². The fourth-order valence-corrected chi connectivity index (χ4v) is 2.98. The number of urea groups is 1. The molecule has 1 N–H and O–H groups in total. The van der Waals surface area contributed by atoms with Crippen molar-refractivity contribution in [2.24, 2.45) is 0 Å². The number of carboxylic acids is 1. The summed E-state index contributed by atoms with van der Waals surface area (Å²) < 4.78 is 0. The molecule has 2 amide bonds. The number of nitrogens with zero attached hydrogens (tertiary/aromatic N) is 2. The second kappa shape index (κ2) is 6.74. The van der Waals surface area contributed by atoms with Crippen molar-refractivity contribution < 1.29 is 14.7 Å². The molecule has 0 aliphatic carbocycles. The van der Waals surface area contributed by atoms with Crippen molar-refractivity contribution in [3.63, 3.8) is 0 Å². The van der Waals surface area contributed by atoms with Crippen molar-refractivity contribution in [2.45, 2.75) is 19.9 Å². The summed E-state index contributed by atoms with van der Waals surface area (Å²) in [5.74, 6) is -0.965. The Kier molecular flexibility index (Phi) is 4.51. The summed E-state index contributed by atoms with van der Waals surface area (Å²) >= 11 is 0. The van der Waals surface area contributed by atoms with Crippen LogP contribution in [0.25, 0.3) is 0 Å². The SMILES string of the molecule is Cc1cccc(CN2CCCN(c3ccc(C(=O)O)cc3)C2=O)c1. The molecule has 1 saturated heterocycles. The normalized spacial score (nSPS) is 14.8. The molecule has 0 bridgehead atoms. The molecule has 0 saturated carbocycles. The number of anilines is 1. The Morgan fingerprint density at radius 3 is 2.54 bits per heavy atom. The summed E-state index contributed by atoms with van der Waals surface area (Å²) in [5.41, 5.74) is 3.25. The van der Waals surface area contributed by atoms with E-state index < -0.39 is 5.97 Å². The van der Waals surface area contributed by atoms with Gasteiger partial charge in [-0.1, -0.05) is 29.8 Å². The van der Waals surface area contributed by atoms with E-state index in [0.29, 0.717) is 13.1 Å². The van der Waals surface area contributed by atoms with E-state index in [4.69, 9.17) is 5.11 Å². The molecule has 1 aliphatic heterocycles. The van der Waals surface area contributed by atoms with Crippen LogP contribution in [0.4, 0.5) is 10.5 Å². The van der Waals surface area contributed by atoms with Crippen LogP contribution in [0.3, 0.4) is 0 Å². The first-order chi connectivity index (χ1) is 11.5. The van der Waals surface area contributed by atoms with Gasteiger partial charge in [0.15, 0.2) is 0 Å². The van der Waals surface area contributed by atoms with Crippen LogP contribution in [-0.4, -0.2) is 35.1 Å². The number of hydrogen-bond donors (Lipinski definition) is 1. The second-order valence-corrected chi connectivity index (χ2v) is 6.05. The van der Waals surface area contributed by atoms with Gasteiger partial charge in [0.2, 0.25) is 0 Å². The van der Waals surface area contributed by atoms with Crippen LogP contribution in [0.1, 0.15) is 27.9 Å². The van der Waals surface area contributed by atoms with Crippen LogP contribution in [-0.2, 0) is 6.54 Å². The highest BCUT2D eigenvalue weighted by molar-refractivity contribution is 5.94. The van der Waals surface area contributed by atoms with Crippen LogP contribution in [0.5, 0.6) is 0 Å². The van der Waals surface area contributed by atoms with Crippen molar-refractivity contribution in [3.05, 3.63) is 65.2 Å². The predicted octanol–water partition coefficient (Wildman–Crippen LogP) is 3.53. The van der Waals surface area contributed by atoms with Crippen LogP contribution in [0, 0.1) is 6.92 Å². The molecule has 0 unspecified atom stereocenters. The van der Waals surface area contributed by atoms with E-state index in [1.807, 2.05) is 30.0 Å². The molecular weight excluding hydrogens is 304 g/mol. The molecule has 1 aliphatic rings. The van der Waals surface area contributed by atoms with Gasteiger partial charge in [0.25, 0.3) is 0 Å². The third kappa shape index (κ3) is 3.40. The minimum absolute atomic E-state index is 0.0363. The number of rotatable bonds is 4. The largest absolute Gasteiger partial charge is 0.478 e. The van der Waals surface area contributed by atoms with Crippen molar-refractivity contribution >= 4 is 17.7 Å². The molecule has 0 atom stereocenters. The zero-order valence-corrected chi connectivity index (χ0v) is 13.6. The van der Waals surface area contributed by atoms with Crippen LogP contribution in [0.2, 0.25) is 0 Å². The fourth-order valence-electron chi connectivity index (χ4n) is 2.98. The molecular formula is C19H20N2O3. The van der Waals surface area contributed by atoms with E-state index in [-0.39, 0.29) is 11.6 Å². The predicted molar refractivity (Wildman–Crippen MR) is 92.3 cm³/mol. The van der Waals surface area contributed by atoms with Gasteiger partial charge in [-0.05, 0) is 43.2 Å². The summed E-state index contributed by atoms with van der Waals surface area (Å²) in [6, 6.07) is 14.6. The highest BCUT2D eigenvalue weighted by atomic mass is 16.4.